The summed E-state index contributed by atoms with van der Waals surface area (Å²) in [7, 11) is 0. The van der Waals surface area contributed by atoms with Crippen molar-refractivity contribution in [3.63, 3.8) is 0 Å². The van der Waals surface area contributed by atoms with Crippen LogP contribution in [0.4, 0.5) is 0 Å². The maximum atomic E-state index is 3.58. The molecular formula is C18H23N. The lowest BCUT2D eigenvalue weighted by Crippen LogP contribution is -2.18. The maximum absolute atomic E-state index is 3.58. The van der Waals surface area contributed by atoms with Gasteiger partial charge in [0, 0.05) is 12.6 Å². The molecule has 0 aromatic heterocycles. The predicted molar refractivity (Wildman–Crippen MR) is 82.3 cm³/mol. The molecule has 1 heteroatoms. The minimum absolute atomic E-state index is 0.381. The SMILES string of the molecule is CCc1ccc(C(C)NCc2cccc(C)c2)cc1. The monoisotopic (exact) mass is 253 g/mol. The third kappa shape index (κ3) is 3.93. The molecule has 1 unspecified atom stereocenters. The lowest BCUT2D eigenvalue weighted by atomic mass is 10.0. The van der Waals surface area contributed by atoms with E-state index in [1.807, 2.05) is 0 Å². The van der Waals surface area contributed by atoms with Gasteiger partial charge in [-0.1, -0.05) is 61.0 Å². The zero-order valence-corrected chi connectivity index (χ0v) is 12.1. The fraction of sp³-hybridized carbons (Fsp3) is 0.333. The van der Waals surface area contributed by atoms with Crippen molar-refractivity contribution in [3.8, 4) is 0 Å². The third-order valence-electron chi connectivity index (χ3n) is 3.58. The number of nitrogens with one attached hydrogen (secondary N) is 1. The van der Waals surface area contributed by atoms with Crippen molar-refractivity contribution in [2.24, 2.45) is 0 Å². The van der Waals surface area contributed by atoms with E-state index < -0.39 is 0 Å². The van der Waals surface area contributed by atoms with E-state index in [-0.39, 0.29) is 0 Å². The van der Waals surface area contributed by atoms with Gasteiger partial charge in [0.2, 0.25) is 0 Å². The summed E-state index contributed by atoms with van der Waals surface area (Å²) in [6.07, 6.45) is 1.10. The first kappa shape index (κ1) is 13.8. The highest BCUT2D eigenvalue weighted by molar-refractivity contribution is 5.25. The number of hydrogen-bond acceptors (Lipinski definition) is 1. The van der Waals surface area contributed by atoms with Crippen LogP contribution in [0.5, 0.6) is 0 Å². The predicted octanol–water partition coefficient (Wildman–Crippen LogP) is 4.41. The molecule has 0 heterocycles. The molecule has 100 valence electrons. The van der Waals surface area contributed by atoms with Crippen LogP contribution in [0.15, 0.2) is 48.5 Å². The number of aryl methyl sites for hydroxylation is 2. The molecule has 0 saturated heterocycles. The summed E-state index contributed by atoms with van der Waals surface area (Å²) < 4.78 is 0. The molecule has 0 amide bonds. The summed E-state index contributed by atoms with van der Waals surface area (Å²) in [6.45, 7) is 7.46. The second-order valence-corrected chi connectivity index (χ2v) is 5.19. The van der Waals surface area contributed by atoms with Gasteiger partial charge in [-0.3, -0.25) is 0 Å². The molecule has 0 spiro atoms. The number of rotatable bonds is 5. The molecular weight excluding hydrogens is 230 g/mol. The van der Waals surface area contributed by atoms with Gasteiger partial charge in [-0.25, -0.2) is 0 Å². The first-order valence-corrected chi connectivity index (χ1v) is 7.07. The van der Waals surface area contributed by atoms with Gasteiger partial charge in [0.1, 0.15) is 0 Å². The van der Waals surface area contributed by atoms with Crippen LogP contribution in [-0.2, 0) is 13.0 Å². The van der Waals surface area contributed by atoms with E-state index in [4.69, 9.17) is 0 Å². The Bertz CT molecular complexity index is 513. The van der Waals surface area contributed by atoms with Gasteiger partial charge in [0.05, 0.1) is 0 Å². The lowest BCUT2D eigenvalue weighted by Gasteiger charge is -2.15. The van der Waals surface area contributed by atoms with Crippen molar-refractivity contribution in [2.75, 3.05) is 0 Å². The van der Waals surface area contributed by atoms with Gasteiger partial charge in [-0.15, -0.1) is 0 Å². The van der Waals surface area contributed by atoms with Crippen LogP contribution in [0.25, 0.3) is 0 Å². The van der Waals surface area contributed by atoms with Crippen LogP contribution >= 0.6 is 0 Å². The minimum Gasteiger partial charge on any atom is -0.306 e. The Morgan fingerprint density at radius 1 is 1.00 bits per heavy atom. The Labute approximate surface area is 116 Å². The Morgan fingerprint density at radius 3 is 2.37 bits per heavy atom. The zero-order valence-electron chi connectivity index (χ0n) is 12.1. The van der Waals surface area contributed by atoms with E-state index in [0.29, 0.717) is 6.04 Å². The first-order valence-electron chi connectivity index (χ1n) is 7.07. The van der Waals surface area contributed by atoms with Gasteiger partial charge in [0.25, 0.3) is 0 Å². The highest BCUT2D eigenvalue weighted by atomic mass is 14.9. The standard InChI is InChI=1S/C18H23N/c1-4-16-8-10-18(11-9-16)15(3)19-13-17-7-5-6-14(2)12-17/h5-12,15,19H,4,13H2,1-3H3. The molecule has 0 aliphatic carbocycles. The van der Waals surface area contributed by atoms with E-state index in [1.165, 1.54) is 22.3 Å². The van der Waals surface area contributed by atoms with Crippen molar-refractivity contribution in [2.45, 2.75) is 39.8 Å². The average molecular weight is 253 g/mol. The molecule has 0 bridgehead atoms. The Kier molecular flexibility index (Phi) is 4.75. The summed E-state index contributed by atoms with van der Waals surface area (Å²) in [5.74, 6) is 0. The largest absolute Gasteiger partial charge is 0.306 e. The van der Waals surface area contributed by atoms with Gasteiger partial charge < -0.3 is 5.32 Å². The molecule has 1 nitrogen and oxygen atoms in total. The summed E-state index contributed by atoms with van der Waals surface area (Å²) in [4.78, 5) is 0. The number of benzene rings is 2. The van der Waals surface area contributed by atoms with Crippen LogP contribution in [0.3, 0.4) is 0 Å². The fourth-order valence-electron chi connectivity index (χ4n) is 2.25. The molecule has 0 radical (unpaired) electrons. The van der Waals surface area contributed by atoms with Crippen LogP contribution in [-0.4, -0.2) is 0 Å². The van der Waals surface area contributed by atoms with E-state index in [2.05, 4.69) is 74.6 Å². The van der Waals surface area contributed by atoms with E-state index in [9.17, 15) is 0 Å². The van der Waals surface area contributed by atoms with Crippen molar-refractivity contribution in [3.05, 3.63) is 70.8 Å². The van der Waals surface area contributed by atoms with Crippen molar-refractivity contribution in [1.29, 1.82) is 0 Å². The number of hydrogen-bond donors (Lipinski definition) is 1. The molecule has 1 N–H and O–H groups in total. The lowest BCUT2D eigenvalue weighted by molar-refractivity contribution is 0.574. The maximum Gasteiger partial charge on any atom is 0.0294 e. The molecule has 0 fully saturated rings. The van der Waals surface area contributed by atoms with Crippen LogP contribution in [0.2, 0.25) is 0 Å². The van der Waals surface area contributed by atoms with E-state index in [1.54, 1.807) is 0 Å². The molecule has 2 aromatic rings. The highest BCUT2D eigenvalue weighted by Crippen LogP contribution is 2.14. The normalized spacial score (nSPS) is 12.4. The Morgan fingerprint density at radius 2 is 1.74 bits per heavy atom. The zero-order chi connectivity index (χ0) is 13.7. The average Bonchev–Trinajstić information content (AvgIpc) is 2.45. The van der Waals surface area contributed by atoms with Crippen molar-refractivity contribution in [1.82, 2.24) is 5.32 Å². The van der Waals surface area contributed by atoms with Crippen LogP contribution in [0, 0.1) is 6.92 Å². The summed E-state index contributed by atoms with van der Waals surface area (Å²) in [5, 5.41) is 3.58. The van der Waals surface area contributed by atoms with E-state index >= 15 is 0 Å². The fourth-order valence-corrected chi connectivity index (χ4v) is 2.25. The van der Waals surface area contributed by atoms with Crippen molar-refractivity contribution >= 4 is 0 Å². The second-order valence-electron chi connectivity index (χ2n) is 5.19. The molecule has 0 aliphatic rings. The summed E-state index contributed by atoms with van der Waals surface area (Å²) in [5.41, 5.74) is 5.41. The van der Waals surface area contributed by atoms with Gasteiger partial charge in [-0.05, 0) is 37.0 Å². The molecule has 19 heavy (non-hydrogen) atoms. The quantitative estimate of drug-likeness (QED) is 0.832. The Balaban J connectivity index is 1.95. The molecule has 1 atom stereocenters. The van der Waals surface area contributed by atoms with Gasteiger partial charge in [0.15, 0.2) is 0 Å². The third-order valence-corrected chi connectivity index (χ3v) is 3.58. The summed E-state index contributed by atoms with van der Waals surface area (Å²) in [6, 6.07) is 17.9. The Hall–Kier alpha value is -1.60. The topological polar surface area (TPSA) is 12.0 Å². The van der Waals surface area contributed by atoms with Crippen LogP contribution < -0.4 is 5.32 Å². The molecule has 2 aromatic carbocycles. The minimum atomic E-state index is 0.381. The summed E-state index contributed by atoms with van der Waals surface area (Å²) >= 11 is 0. The van der Waals surface area contributed by atoms with Crippen molar-refractivity contribution < 1.29 is 0 Å². The van der Waals surface area contributed by atoms with Gasteiger partial charge in [-0.2, -0.15) is 0 Å². The molecule has 0 saturated carbocycles. The highest BCUT2D eigenvalue weighted by Gasteiger charge is 2.04. The second kappa shape index (κ2) is 6.53. The van der Waals surface area contributed by atoms with E-state index in [0.717, 1.165) is 13.0 Å². The first-order chi connectivity index (χ1) is 9.19. The van der Waals surface area contributed by atoms with Crippen LogP contribution in [0.1, 0.15) is 42.1 Å². The van der Waals surface area contributed by atoms with Gasteiger partial charge >= 0.3 is 0 Å². The molecule has 2 rings (SSSR count). The molecule has 0 aliphatic heterocycles. The smallest absolute Gasteiger partial charge is 0.0294 e.